The summed E-state index contributed by atoms with van der Waals surface area (Å²) in [5.74, 6) is 1.60. The Kier molecular flexibility index (Phi) is 4.84. The molecule has 1 unspecified atom stereocenters. The molecule has 5 nitrogen and oxygen atoms in total. The van der Waals surface area contributed by atoms with Crippen LogP contribution in [0.15, 0.2) is 23.4 Å². The molecule has 0 bridgehead atoms. The molecule has 1 aliphatic carbocycles. The molecule has 0 saturated heterocycles. The molecular formula is C15H23N3O2. The number of oxime groups is 1. The Morgan fingerprint density at radius 2 is 2.30 bits per heavy atom. The Labute approximate surface area is 119 Å². The number of benzene rings is 1. The van der Waals surface area contributed by atoms with Crippen molar-refractivity contribution in [3.05, 3.63) is 29.3 Å². The molecule has 2 rings (SSSR count). The van der Waals surface area contributed by atoms with Crippen LogP contribution in [0.1, 0.15) is 37.3 Å². The second kappa shape index (κ2) is 6.61. The third kappa shape index (κ3) is 3.87. The van der Waals surface area contributed by atoms with Gasteiger partial charge in [0.1, 0.15) is 5.75 Å². The highest BCUT2D eigenvalue weighted by molar-refractivity contribution is 5.99. The fraction of sp³-hybridized carbons (Fsp3) is 0.533. The summed E-state index contributed by atoms with van der Waals surface area (Å²) >= 11 is 0. The van der Waals surface area contributed by atoms with Crippen LogP contribution in [0.5, 0.6) is 5.75 Å². The van der Waals surface area contributed by atoms with Gasteiger partial charge in [-0.3, -0.25) is 0 Å². The van der Waals surface area contributed by atoms with Gasteiger partial charge in [0.2, 0.25) is 0 Å². The number of methoxy groups -OCH3 is 1. The summed E-state index contributed by atoms with van der Waals surface area (Å²) < 4.78 is 5.29. The SMILES string of the molecule is COc1cc(CNC(C)CC2CC2)ccc1/C(N)=N/O. The van der Waals surface area contributed by atoms with Gasteiger partial charge in [-0.2, -0.15) is 0 Å². The summed E-state index contributed by atoms with van der Waals surface area (Å²) in [7, 11) is 1.58. The molecule has 0 radical (unpaired) electrons. The molecule has 0 heterocycles. The second-order valence-corrected chi connectivity index (χ2v) is 5.48. The van der Waals surface area contributed by atoms with Crippen molar-refractivity contribution in [2.45, 2.75) is 38.8 Å². The van der Waals surface area contributed by atoms with Crippen LogP contribution in [0.2, 0.25) is 0 Å². The average molecular weight is 277 g/mol. The van der Waals surface area contributed by atoms with E-state index >= 15 is 0 Å². The average Bonchev–Trinajstić information content (AvgIpc) is 3.27. The van der Waals surface area contributed by atoms with Crippen LogP contribution in [-0.2, 0) is 6.54 Å². The van der Waals surface area contributed by atoms with E-state index in [4.69, 9.17) is 15.7 Å². The highest BCUT2D eigenvalue weighted by Gasteiger charge is 2.23. The third-order valence-electron chi connectivity index (χ3n) is 3.69. The van der Waals surface area contributed by atoms with E-state index in [0.29, 0.717) is 17.4 Å². The van der Waals surface area contributed by atoms with E-state index in [1.165, 1.54) is 19.3 Å². The van der Waals surface area contributed by atoms with E-state index in [-0.39, 0.29) is 5.84 Å². The summed E-state index contributed by atoms with van der Waals surface area (Å²) in [6.45, 7) is 3.01. The summed E-state index contributed by atoms with van der Waals surface area (Å²) in [4.78, 5) is 0. The summed E-state index contributed by atoms with van der Waals surface area (Å²) in [5, 5.41) is 15.3. The van der Waals surface area contributed by atoms with Gasteiger partial charge in [0.15, 0.2) is 5.84 Å². The van der Waals surface area contributed by atoms with Crippen LogP contribution in [0, 0.1) is 5.92 Å². The van der Waals surface area contributed by atoms with Crippen LogP contribution in [0.4, 0.5) is 0 Å². The Morgan fingerprint density at radius 1 is 1.55 bits per heavy atom. The zero-order valence-electron chi connectivity index (χ0n) is 12.1. The monoisotopic (exact) mass is 277 g/mol. The van der Waals surface area contributed by atoms with Crippen molar-refractivity contribution < 1.29 is 9.94 Å². The minimum Gasteiger partial charge on any atom is -0.496 e. The van der Waals surface area contributed by atoms with Gasteiger partial charge in [0.05, 0.1) is 12.7 Å². The molecule has 0 aromatic heterocycles. The molecule has 1 fully saturated rings. The van der Waals surface area contributed by atoms with Crippen LogP contribution in [-0.4, -0.2) is 24.2 Å². The molecule has 5 heteroatoms. The Bertz CT molecular complexity index is 484. The fourth-order valence-corrected chi connectivity index (χ4v) is 2.34. The van der Waals surface area contributed by atoms with Gasteiger partial charge in [-0.15, -0.1) is 0 Å². The van der Waals surface area contributed by atoms with Gasteiger partial charge >= 0.3 is 0 Å². The predicted molar refractivity (Wildman–Crippen MR) is 79.1 cm³/mol. The maximum atomic E-state index is 8.74. The van der Waals surface area contributed by atoms with Gasteiger partial charge in [-0.05, 0) is 37.0 Å². The van der Waals surface area contributed by atoms with Gasteiger partial charge in [0, 0.05) is 12.6 Å². The van der Waals surface area contributed by atoms with Crippen LogP contribution < -0.4 is 15.8 Å². The smallest absolute Gasteiger partial charge is 0.173 e. The zero-order chi connectivity index (χ0) is 14.5. The lowest BCUT2D eigenvalue weighted by Gasteiger charge is -2.14. The minimum absolute atomic E-state index is 0.0588. The van der Waals surface area contributed by atoms with Crippen molar-refractivity contribution in [3.63, 3.8) is 0 Å². The van der Waals surface area contributed by atoms with Gasteiger partial charge in [-0.25, -0.2) is 0 Å². The van der Waals surface area contributed by atoms with E-state index in [2.05, 4.69) is 17.4 Å². The van der Waals surface area contributed by atoms with Gasteiger partial charge in [0.25, 0.3) is 0 Å². The zero-order valence-corrected chi connectivity index (χ0v) is 12.1. The molecule has 110 valence electrons. The molecule has 1 aliphatic rings. The first-order chi connectivity index (χ1) is 9.63. The number of nitrogens with zero attached hydrogens (tertiary/aromatic N) is 1. The van der Waals surface area contributed by atoms with Crippen molar-refractivity contribution in [1.29, 1.82) is 0 Å². The van der Waals surface area contributed by atoms with Crippen molar-refractivity contribution >= 4 is 5.84 Å². The number of hydrogen-bond acceptors (Lipinski definition) is 4. The van der Waals surface area contributed by atoms with Crippen molar-refractivity contribution in [2.24, 2.45) is 16.8 Å². The highest BCUT2D eigenvalue weighted by Crippen LogP contribution is 2.33. The largest absolute Gasteiger partial charge is 0.496 e. The lowest BCUT2D eigenvalue weighted by atomic mass is 10.1. The van der Waals surface area contributed by atoms with Crippen LogP contribution >= 0.6 is 0 Å². The Morgan fingerprint density at radius 3 is 2.90 bits per heavy atom. The Hall–Kier alpha value is -1.75. The molecule has 0 spiro atoms. The van der Waals surface area contributed by atoms with E-state index in [1.807, 2.05) is 18.2 Å². The maximum absolute atomic E-state index is 8.74. The quantitative estimate of drug-likeness (QED) is 0.308. The number of hydrogen-bond donors (Lipinski definition) is 3. The lowest BCUT2D eigenvalue weighted by Crippen LogP contribution is -2.26. The molecule has 4 N–H and O–H groups in total. The van der Waals surface area contributed by atoms with Crippen LogP contribution in [0.25, 0.3) is 0 Å². The molecule has 0 amide bonds. The number of ether oxygens (including phenoxy) is 1. The molecule has 20 heavy (non-hydrogen) atoms. The number of amidine groups is 1. The van der Waals surface area contributed by atoms with E-state index in [9.17, 15) is 0 Å². The first-order valence-electron chi connectivity index (χ1n) is 7.02. The summed E-state index contributed by atoms with van der Waals surface area (Å²) in [6.07, 6.45) is 4.02. The lowest BCUT2D eigenvalue weighted by molar-refractivity contribution is 0.318. The number of nitrogens with two attached hydrogens (primary N) is 1. The summed E-state index contributed by atoms with van der Waals surface area (Å²) in [5.41, 5.74) is 7.33. The topological polar surface area (TPSA) is 79.9 Å². The summed E-state index contributed by atoms with van der Waals surface area (Å²) in [6, 6.07) is 6.23. The molecule has 1 aromatic carbocycles. The predicted octanol–water partition coefficient (Wildman–Crippen LogP) is 2.07. The fourth-order valence-electron chi connectivity index (χ4n) is 2.34. The van der Waals surface area contributed by atoms with Crippen LogP contribution in [0.3, 0.4) is 0 Å². The normalized spacial score (nSPS) is 17.0. The molecule has 0 aliphatic heterocycles. The molecule has 1 atom stereocenters. The van der Waals surface area contributed by atoms with Gasteiger partial charge < -0.3 is 21.0 Å². The first kappa shape index (κ1) is 14.7. The third-order valence-corrected chi connectivity index (χ3v) is 3.69. The highest BCUT2D eigenvalue weighted by atomic mass is 16.5. The maximum Gasteiger partial charge on any atom is 0.173 e. The van der Waals surface area contributed by atoms with Crippen molar-refractivity contribution in [3.8, 4) is 5.75 Å². The van der Waals surface area contributed by atoms with Gasteiger partial charge in [-0.1, -0.05) is 24.1 Å². The van der Waals surface area contributed by atoms with Crippen molar-refractivity contribution in [2.75, 3.05) is 7.11 Å². The first-order valence-corrected chi connectivity index (χ1v) is 7.02. The molecule has 1 aromatic rings. The Balaban J connectivity index is 1.97. The minimum atomic E-state index is 0.0588. The standard InChI is InChI=1S/C15H23N3O2/c1-10(7-11-3-4-11)17-9-12-5-6-13(15(16)18-19)14(8-12)20-2/h5-6,8,10-11,17,19H,3-4,7,9H2,1-2H3,(H2,16,18). The molecule has 1 saturated carbocycles. The number of nitrogens with one attached hydrogen (secondary N) is 1. The van der Waals surface area contributed by atoms with Crippen molar-refractivity contribution in [1.82, 2.24) is 5.32 Å². The number of rotatable bonds is 7. The van der Waals surface area contributed by atoms with E-state index in [0.717, 1.165) is 18.0 Å². The second-order valence-electron chi connectivity index (χ2n) is 5.48. The molecular weight excluding hydrogens is 254 g/mol. The van der Waals surface area contributed by atoms with E-state index < -0.39 is 0 Å². The van der Waals surface area contributed by atoms with E-state index in [1.54, 1.807) is 7.11 Å².